The minimum atomic E-state index is -0.340. The van der Waals surface area contributed by atoms with Crippen LogP contribution in [0.4, 0.5) is 22.9 Å². The molecule has 3 heterocycles. The molecule has 0 spiro atoms. The second-order valence-electron chi connectivity index (χ2n) is 6.03. The molecule has 132 valence electrons. The molecule has 0 radical (unpaired) electrons. The fraction of sp³-hybridized carbons (Fsp3) is 0.222. The van der Waals surface area contributed by atoms with E-state index < -0.39 is 0 Å². The molecule has 3 aromatic rings. The summed E-state index contributed by atoms with van der Waals surface area (Å²) in [7, 11) is 0. The van der Waals surface area contributed by atoms with Crippen LogP contribution in [0.15, 0.2) is 53.3 Å². The summed E-state index contributed by atoms with van der Waals surface area (Å²) in [4.78, 5) is 14.2. The van der Waals surface area contributed by atoms with Crippen LogP contribution in [0, 0.1) is 0 Å². The Labute approximate surface area is 150 Å². The number of carbonyl (C=O) groups excluding carboxylic acids is 1. The minimum Gasteiger partial charge on any atom is -0.370 e. The molecule has 2 aromatic heterocycles. The van der Waals surface area contributed by atoms with Gasteiger partial charge in [-0.3, -0.25) is 4.79 Å². The maximum atomic E-state index is 11.9. The summed E-state index contributed by atoms with van der Waals surface area (Å²) in [6, 6.07) is 10.8. The Morgan fingerprint density at radius 2 is 1.85 bits per heavy atom. The molecule has 0 aliphatic carbocycles. The van der Waals surface area contributed by atoms with Crippen molar-refractivity contribution in [2.75, 3.05) is 28.6 Å². The van der Waals surface area contributed by atoms with Gasteiger partial charge in [-0.25, -0.2) is 0 Å². The number of carbonyl (C=O) groups is 1. The van der Waals surface area contributed by atoms with Crippen molar-refractivity contribution in [1.82, 2.24) is 15.4 Å². The first-order valence-electron chi connectivity index (χ1n) is 8.45. The van der Waals surface area contributed by atoms with Gasteiger partial charge in [0.05, 0.1) is 18.1 Å². The van der Waals surface area contributed by atoms with Gasteiger partial charge in [0.2, 0.25) is 5.76 Å². The van der Waals surface area contributed by atoms with Gasteiger partial charge < -0.3 is 20.1 Å². The number of nitrogens with one attached hydrogen (secondary N) is 2. The number of benzene rings is 1. The first-order valence-corrected chi connectivity index (χ1v) is 8.45. The third kappa shape index (κ3) is 3.64. The van der Waals surface area contributed by atoms with Crippen molar-refractivity contribution in [2.45, 2.75) is 12.8 Å². The molecule has 8 nitrogen and oxygen atoms in total. The summed E-state index contributed by atoms with van der Waals surface area (Å²) in [5.41, 5.74) is 2.60. The van der Waals surface area contributed by atoms with E-state index >= 15 is 0 Å². The molecule has 1 aliphatic rings. The van der Waals surface area contributed by atoms with Gasteiger partial charge in [0.25, 0.3) is 5.91 Å². The zero-order valence-corrected chi connectivity index (χ0v) is 14.1. The third-order valence-electron chi connectivity index (χ3n) is 4.19. The number of anilines is 4. The Balaban J connectivity index is 1.41. The number of hydrogen-bond acceptors (Lipinski definition) is 7. The zero-order chi connectivity index (χ0) is 17.8. The summed E-state index contributed by atoms with van der Waals surface area (Å²) in [5, 5.41) is 17.7. The maximum absolute atomic E-state index is 11.9. The third-order valence-corrected chi connectivity index (χ3v) is 4.19. The topological polar surface area (TPSA) is 96.2 Å². The Morgan fingerprint density at radius 1 is 1.08 bits per heavy atom. The predicted octanol–water partition coefficient (Wildman–Crippen LogP) is 3.06. The predicted molar refractivity (Wildman–Crippen MR) is 97.7 cm³/mol. The second-order valence-corrected chi connectivity index (χ2v) is 6.03. The molecule has 4 rings (SSSR count). The lowest BCUT2D eigenvalue weighted by Crippen LogP contribution is -2.18. The highest BCUT2D eigenvalue weighted by Gasteiger charge is 2.13. The number of nitrogens with zero attached hydrogens (tertiary/aromatic N) is 4. The van der Waals surface area contributed by atoms with E-state index in [2.05, 4.69) is 30.9 Å². The fourth-order valence-electron chi connectivity index (χ4n) is 2.88. The van der Waals surface area contributed by atoms with Crippen molar-refractivity contribution in [1.29, 1.82) is 0 Å². The van der Waals surface area contributed by atoms with Crippen molar-refractivity contribution in [3.63, 3.8) is 0 Å². The lowest BCUT2D eigenvalue weighted by Gasteiger charge is -2.17. The van der Waals surface area contributed by atoms with Crippen LogP contribution < -0.4 is 15.5 Å². The Bertz CT molecular complexity index is 873. The summed E-state index contributed by atoms with van der Waals surface area (Å²) >= 11 is 0. The van der Waals surface area contributed by atoms with Crippen molar-refractivity contribution in [2.24, 2.45) is 0 Å². The van der Waals surface area contributed by atoms with Crippen LogP contribution in [0.1, 0.15) is 23.4 Å². The molecule has 0 saturated carbocycles. The van der Waals surface area contributed by atoms with Crippen molar-refractivity contribution < 1.29 is 9.32 Å². The quantitative estimate of drug-likeness (QED) is 0.730. The highest BCUT2D eigenvalue weighted by Crippen LogP contribution is 2.23. The SMILES string of the molecule is O=C(Nc1ccc(Nc2cc(N3CCCC3)cnn2)cc1)c1ccno1. The molecular formula is C18H18N6O2. The van der Waals surface area contributed by atoms with Crippen LogP contribution in [0.3, 0.4) is 0 Å². The van der Waals surface area contributed by atoms with Crippen molar-refractivity contribution in [3.05, 3.63) is 54.6 Å². The molecule has 0 atom stereocenters. The molecule has 1 aliphatic heterocycles. The summed E-state index contributed by atoms with van der Waals surface area (Å²) in [6.07, 6.45) is 5.65. The molecular weight excluding hydrogens is 332 g/mol. The zero-order valence-electron chi connectivity index (χ0n) is 14.1. The maximum Gasteiger partial charge on any atom is 0.294 e. The van der Waals surface area contributed by atoms with Crippen LogP contribution in [0.2, 0.25) is 0 Å². The smallest absolute Gasteiger partial charge is 0.294 e. The lowest BCUT2D eigenvalue weighted by atomic mass is 10.2. The van der Waals surface area contributed by atoms with Gasteiger partial charge in [-0.1, -0.05) is 5.16 Å². The first-order chi connectivity index (χ1) is 12.8. The largest absolute Gasteiger partial charge is 0.370 e. The van der Waals surface area contributed by atoms with Gasteiger partial charge in [-0.15, -0.1) is 5.10 Å². The second kappa shape index (κ2) is 7.22. The number of amides is 1. The number of rotatable bonds is 5. The van der Waals surface area contributed by atoms with Crippen LogP contribution in [-0.4, -0.2) is 34.4 Å². The monoisotopic (exact) mass is 350 g/mol. The van der Waals surface area contributed by atoms with Gasteiger partial charge in [0.15, 0.2) is 5.82 Å². The molecule has 26 heavy (non-hydrogen) atoms. The highest BCUT2D eigenvalue weighted by molar-refractivity contribution is 6.02. The summed E-state index contributed by atoms with van der Waals surface area (Å²) in [6.45, 7) is 2.12. The van der Waals surface area contributed by atoms with Gasteiger partial charge in [0, 0.05) is 36.6 Å². The molecule has 0 bridgehead atoms. The Morgan fingerprint density at radius 3 is 2.58 bits per heavy atom. The van der Waals surface area contributed by atoms with Crippen LogP contribution in [0.5, 0.6) is 0 Å². The van der Waals surface area contributed by atoms with Crippen LogP contribution in [0.25, 0.3) is 0 Å². The van der Waals surface area contributed by atoms with Gasteiger partial charge in [-0.2, -0.15) is 5.10 Å². The van der Waals surface area contributed by atoms with Crippen LogP contribution >= 0.6 is 0 Å². The van der Waals surface area contributed by atoms with Gasteiger partial charge in [-0.05, 0) is 37.1 Å². The average molecular weight is 350 g/mol. The van der Waals surface area contributed by atoms with Crippen molar-refractivity contribution in [3.8, 4) is 0 Å². The van der Waals surface area contributed by atoms with E-state index in [1.165, 1.54) is 25.1 Å². The Kier molecular flexibility index (Phi) is 4.46. The normalized spacial score (nSPS) is 13.6. The fourth-order valence-corrected chi connectivity index (χ4v) is 2.88. The van der Waals surface area contributed by atoms with Crippen LogP contribution in [-0.2, 0) is 0 Å². The lowest BCUT2D eigenvalue weighted by molar-refractivity contribution is 0.0988. The number of aromatic nitrogens is 3. The Hall–Kier alpha value is -3.42. The first kappa shape index (κ1) is 16.1. The standard InChI is InChI=1S/C18H18N6O2/c25-18(16-7-8-20-26-16)22-14-5-3-13(4-6-14)21-17-11-15(12-19-23-17)24-9-1-2-10-24/h3-8,11-12H,1-2,9-10H2,(H,21,23)(H,22,25). The average Bonchev–Trinajstić information content (AvgIpc) is 3.38. The molecule has 2 N–H and O–H groups in total. The van der Waals surface area contributed by atoms with E-state index in [1.807, 2.05) is 18.2 Å². The molecule has 1 aromatic carbocycles. The summed E-state index contributed by atoms with van der Waals surface area (Å²) in [5.74, 6) is 0.515. The molecule has 1 amide bonds. The molecule has 8 heteroatoms. The van der Waals surface area contributed by atoms with E-state index in [0.717, 1.165) is 24.5 Å². The van der Waals surface area contributed by atoms with E-state index in [0.29, 0.717) is 11.5 Å². The van der Waals surface area contributed by atoms with Crippen molar-refractivity contribution >= 4 is 28.8 Å². The highest BCUT2D eigenvalue weighted by atomic mass is 16.5. The molecule has 0 unspecified atom stereocenters. The van der Waals surface area contributed by atoms with E-state index in [4.69, 9.17) is 4.52 Å². The molecule has 1 saturated heterocycles. The van der Waals surface area contributed by atoms with E-state index in [-0.39, 0.29) is 11.7 Å². The van der Waals surface area contributed by atoms with E-state index in [9.17, 15) is 4.79 Å². The van der Waals surface area contributed by atoms with E-state index in [1.54, 1.807) is 18.3 Å². The summed E-state index contributed by atoms with van der Waals surface area (Å²) < 4.78 is 4.83. The minimum absolute atomic E-state index is 0.168. The molecule has 1 fully saturated rings. The number of hydrogen-bond donors (Lipinski definition) is 2. The van der Waals surface area contributed by atoms with Gasteiger partial charge >= 0.3 is 0 Å². The van der Waals surface area contributed by atoms with Gasteiger partial charge in [0.1, 0.15) is 0 Å².